The fraction of sp³-hybridized carbons (Fsp3) is 0.588. The number of hydrogen-bond acceptors (Lipinski definition) is 4. The van der Waals surface area contributed by atoms with E-state index in [4.69, 9.17) is 4.74 Å². The lowest BCUT2D eigenvalue weighted by Gasteiger charge is -2.36. The number of amides is 1. The maximum absolute atomic E-state index is 12.9. The molecule has 1 amide bonds. The van der Waals surface area contributed by atoms with Gasteiger partial charge in [0, 0.05) is 32.7 Å². The molecule has 5 nitrogen and oxygen atoms in total. The van der Waals surface area contributed by atoms with Gasteiger partial charge < -0.3 is 14.7 Å². The number of carbonyl (C=O) groups is 1. The van der Waals surface area contributed by atoms with Gasteiger partial charge in [-0.25, -0.2) is 9.18 Å². The van der Waals surface area contributed by atoms with E-state index in [1.165, 1.54) is 12.1 Å². The van der Waals surface area contributed by atoms with Crippen molar-refractivity contribution in [3.8, 4) is 0 Å². The Labute approximate surface area is 136 Å². The van der Waals surface area contributed by atoms with Gasteiger partial charge in [0.05, 0.1) is 6.10 Å². The zero-order valence-electron chi connectivity index (χ0n) is 14.0. The van der Waals surface area contributed by atoms with Gasteiger partial charge in [-0.3, -0.25) is 4.90 Å². The normalized spacial score (nSPS) is 17.9. The molecule has 1 heterocycles. The minimum atomic E-state index is -0.663. The van der Waals surface area contributed by atoms with Crippen molar-refractivity contribution in [1.82, 2.24) is 9.80 Å². The molecule has 23 heavy (non-hydrogen) atoms. The molecule has 1 aliphatic heterocycles. The number of aliphatic hydroxyl groups excluding tert-OH is 1. The lowest BCUT2D eigenvalue weighted by molar-refractivity contribution is 0.0101. The fourth-order valence-corrected chi connectivity index (χ4v) is 2.47. The number of piperazine rings is 1. The molecule has 1 aromatic carbocycles. The third kappa shape index (κ3) is 5.48. The standard InChI is InChI=1S/C17H25FN2O3/c1-17(2,3)23-16(22)20-10-8-19(9-11-20)12-15(21)13-4-6-14(18)7-5-13/h4-7,15,21H,8-12H2,1-3H3. The summed E-state index contributed by atoms with van der Waals surface area (Å²) in [7, 11) is 0. The fourth-order valence-electron chi connectivity index (χ4n) is 2.47. The highest BCUT2D eigenvalue weighted by Crippen LogP contribution is 2.17. The Morgan fingerprint density at radius 3 is 2.30 bits per heavy atom. The average Bonchev–Trinajstić information content (AvgIpc) is 2.46. The Balaban J connectivity index is 1.80. The Bertz CT molecular complexity index is 520. The molecule has 1 fully saturated rings. The summed E-state index contributed by atoms with van der Waals surface area (Å²) in [5, 5.41) is 10.2. The molecule has 0 saturated carbocycles. The largest absolute Gasteiger partial charge is 0.444 e. The molecule has 1 N–H and O–H groups in total. The van der Waals surface area contributed by atoms with Gasteiger partial charge >= 0.3 is 6.09 Å². The lowest BCUT2D eigenvalue weighted by atomic mass is 10.1. The maximum Gasteiger partial charge on any atom is 0.410 e. The number of nitrogens with zero attached hydrogens (tertiary/aromatic N) is 2. The summed E-state index contributed by atoms with van der Waals surface area (Å²) in [6.07, 6.45) is -0.958. The van der Waals surface area contributed by atoms with Crippen molar-refractivity contribution < 1.29 is 19.0 Å². The summed E-state index contributed by atoms with van der Waals surface area (Å²) in [6.45, 7) is 8.51. The first-order valence-corrected chi connectivity index (χ1v) is 7.88. The summed E-state index contributed by atoms with van der Waals surface area (Å²) in [6, 6.07) is 5.88. The van der Waals surface area contributed by atoms with Crippen molar-refractivity contribution in [2.75, 3.05) is 32.7 Å². The Kier molecular flexibility index (Phi) is 5.59. The number of rotatable bonds is 3. The molecule has 1 unspecified atom stereocenters. The lowest BCUT2D eigenvalue weighted by Crippen LogP contribution is -2.50. The van der Waals surface area contributed by atoms with Crippen molar-refractivity contribution in [2.45, 2.75) is 32.5 Å². The van der Waals surface area contributed by atoms with Gasteiger partial charge in [0.1, 0.15) is 11.4 Å². The number of β-amino-alcohol motifs (C(OH)–C–C–N with tert-alkyl or cyclic N) is 1. The second-order valence-electron chi connectivity index (χ2n) is 6.84. The second kappa shape index (κ2) is 7.27. The van der Waals surface area contributed by atoms with Crippen LogP contribution in [0.15, 0.2) is 24.3 Å². The quantitative estimate of drug-likeness (QED) is 0.928. The number of benzene rings is 1. The predicted octanol–water partition coefficient (Wildman–Crippen LogP) is 2.41. The Hall–Kier alpha value is -1.66. The van der Waals surface area contributed by atoms with Gasteiger partial charge in [-0.1, -0.05) is 12.1 Å². The zero-order chi connectivity index (χ0) is 17.0. The summed E-state index contributed by atoms with van der Waals surface area (Å²) >= 11 is 0. The van der Waals surface area contributed by atoms with Gasteiger partial charge in [-0.15, -0.1) is 0 Å². The smallest absolute Gasteiger partial charge is 0.410 e. The van der Waals surface area contributed by atoms with E-state index in [9.17, 15) is 14.3 Å². The third-order valence-corrected chi connectivity index (χ3v) is 3.71. The van der Waals surface area contributed by atoms with Crippen LogP contribution >= 0.6 is 0 Å². The molecule has 1 saturated heterocycles. The van der Waals surface area contributed by atoms with Crippen LogP contribution in [0.5, 0.6) is 0 Å². The number of halogens is 1. The van der Waals surface area contributed by atoms with Crippen LogP contribution in [-0.2, 0) is 4.74 Å². The zero-order valence-corrected chi connectivity index (χ0v) is 14.0. The average molecular weight is 324 g/mol. The topological polar surface area (TPSA) is 53.0 Å². The number of carbonyl (C=O) groups excluding carboxylic acids is 1. The third-order valence-electron chi connectivity index (χ3n) is 3.71. The molecule has 128 valence electrons. The first-order valence-electron chi connectivity index (χ1n) is 7.88. The Morgan fingerprint density at radius 1 is 1.22 bits per heavy atom. The van der Waals surface area contributed by atoms with Gasteiger partial charge in [0.2, 0.25) is 0 Å². The molecule has 1 aromatic rings. The van der Waals surface area contributed by atoms with E-state index in [-0.39, 0.29) is 11.9 Å². The van der Waals surface area contributed by atoms with E-state index in [1.54, 1.807) is 17.0 Å². The van der Waals surface area contributed by atoms with Crippen molar-refractivity contribution in [2.24, 2.45) is 0 Å². The van der Waals surface area contributed by atoms with Crippen molar-refractivity contribution >= 4 is 6.09 Å². The van der Waals surface area contributed by atoms with Crippen LogP contribution in [0, 0.1) is 5.82 Å². The van der Waals surface area contributed by atoms with Crippen LogP contribution in [0.1, 0.15) is 32.4 Å². The summed E-state index contributed by atoms with van der Waals surface area (Å²) < 4.78 is 18.3. The van der Waals surface area contributed by atoms with Crippen LogP contribution in [0.4, 0.5) is 9.18 Å². The molecule has 1 aliphatic rings. The molecule has 0 bridgehead atoms. The molecule has 0 radical (unpaired) electrons. The van der Waals surface area contributed by atoms with E-state index >= 15 is 0 Å². The van der Waals surface area contributed by atoms with Crippen LogP contribution in [0.3, 0.4) is 0 Å². The first-order chi connectivity index (χ1) is 10.7. The van der Waals surface area contributed by atoms with Crippen LogP contribution in [-0.4, -0.2) is 59.3 Å². The van der Waals surface area contributed by atoms with E-state index in [0.717, 1.165) is 0 Å². The predicted molar refractivity (Wildman–Crippen MR) is 85.6 cm³/mol. The molecule has 6 heteroatoms. The van der Waals surface area contributed by atoms with Gasteiger partial charge in [-0.05, 0) is 38.5 Å². The Morgan fingerprint density at radius 2 is 1.78 bits per heavy atom. The highest BCUT2D eigenvalue weighted by molar-refractivity contribution is 5.68. The minimum absolute atomic E-state index is 0.295. The number of ether oxygens (including phenoxy) is 1. The van der Waals surface area contributed by atoms with E-state index in [0.29, 0.717) is 38.3 Å². The molecule has 0 aliphatic carbocycles. The molecule has 0 spiro atoms. The van der Waals surface area contributed by atoms with Crippen LogP contribution in [0.2, 0.25) is 0 Å². The molecular weight excluding hydrogens is 299 g/mol. The summed E-state index contributed by atoms with van der Waals surface area (Å²) in [5.74, 6) is -0.313. The van der Waals surface area contributed by atoms with Gasteiger partial charge in [-0.2, -0.15) is 0 Å². The maximum atomic E-state index is 12.9. The van der Waals surface area contributed by atoms with Gasteiger partial charge in [0.25, 0.3) is 0 Å². The van der Waals surface area contributed by atoms with E-state index in [2.05, 4.69) is 4.90 Å². The van der Waals surface area contributed by atoms with Crippen molar-refractivity contribution in [1.29, 1.82) is 0 Å². The second-order valence-corrected chi connectivity index (χ2v) is 6.84. The molecule has 1 atom stereocenters. The van der Waals surface area contributed by atoms with E-state index < -0.39 is 11.7 Å². The highest BCUT2D eigenvalue weighted by atomic mass is 19.1. The summed E-state index contributed by atoms with van der Waals surface area (Å²) in [5.41, 5.74) is 0.202. The highest BCUT2D eigenvalue weighted by Gasteiger charge is 2.26. The molecular formula is C17H25FN2O3. The number of hydrogen-bond donors (Lipinski definition) is 1. The summed E-state index contributed by atoms with van der Waals surface area (Å²) in [4.78, 5) is 15.8. The van der Waals surface area contributed by atoms with Crippen molar-refractivity contribution in [3.05, 3.63) is 35.6 Å². The monoisotopic (exact) mass is 324 g/mol. The first kappa shape index (κ1) is 17.7. The van der Waals surface area contributed by atoms with E-state index in [1.807, 2.05) is 20.8 Å². The number of aliphatic hydroxyl groups is 1. The molecule has 0 aromatic heterocycles. The molecule has 2 rings (SSSR count). The van der Waals surface area contributed by atoms with Crippen molar-refractivity contribution in [3.63, 3.8) is 0 Å². The van der Waals surface area contributed by atoms with Crippen LogP contribution in [0.25, 0.3) is 0 Å². The minimum Gasteiger partial charge on any atom is -0.444 e. The van der Waals surface area contributed by atoms with Crippen LogP contribution < -0.4 is 0 Å². The van der Waals surface area contributed by atoms with Gasteiger partial charge in [0.15, 0.2) is 0 Å². The SMILES string of the molecule is CC(C)(C)OC(=O)N1CCN(CC(O)c2ccc(F)cc2)CC1.